The smallest absolute Gasteiger partial charge is 0.338 e. The number of nitro benzene ring substituents is 1. The molecule has 0 fully saturated rings. The van der Waals surface area contributed by atoms with Crippen LogP contribution in [0.3, 0.4) is 0 Å². The summed E-state index contributed by atoms with van der Waals surface area (Å²) in [6.45, 7) is 3.60. The Labute approximate surface area is 166 Å². The van der Waals surface area contributed by atoms with Crippen LogP contribution in [0, 0.1) is 16.0 Å². The lowest BCUT2D eigenvalue weighted by atomic mass is 10.2. The van der Waals surface area contributed by atoms with E-state index in [0.29, 0.717) is 17.9 Å². The average molecular weight is 400 g/mol. The molecule has 1 amide bonds. The van der Waals surface area contributed by atoms with Crippen molar-refractivity contribution in [1.82, 2.24) is 0 Å². The summed E-state index contributed by atoms with van der Waals surface area (Å²) in [7, 11) is 0. The number of carbonyl (C=O) groups is 3. The van der Waals surface area contributed by atoms with Gasteiger partial charge in [-0.2, -0.15) is 0 Å². The second kappa shape index (κ2) is 9.98. The Morgan fingerprint density at radius 1 is 1.00 bits per heavy atom. The van der Waals surface area contributed by atoms with Gasteiger partial charge in [0.25, 0.3) is 11.6 Å². The minimum atomic E-state index is -0.855. The number of ether oxygens (including phenoxy) is 2. The molecule has 2 rings (SSSR count). The molecule has 1 N–H and O–H groups in total. The number of hydrogen-bond acceptors (Lipinski definition) is 7. The van der Waals surface area contributed by atoms with Crippen molar-refractivity contribution >= 4 is 29.2 Å². The molecule has 0 saturated carbocycles. The maximum atomic E-state index is 11.9. The van der Waals surface area contributed by atoms with E-state index in [1.807, 2.05) is 13.8 Å². The number of non-ortho nitro benzene ring substituents is 1. The molecule has 152 valence electrons. The lowest BCUT2D eigenvalue weighted by Gasteiger charge is -2.09. The Bertz CT molecular complexity index is 907. The molecule has 0 atom stereocenters. The highest BCUT2D eigenvalue weighted by Crippen LogP contribution is 2.14. The third-order valence-corrected chi connectivity index (χ3v) is 3.58. The van der Waals surface area contributed by atoms with E-state index in [-0.39, 0.29) is 17.2 Å². The standard InChI is InChI=1S/C20H20N2O7/c1-13(2)11-28-19(24)14-6-8-16(9-7-14)21-18(23)12-29-20(25)15-4-3-5-17(10-15)22(26)27/h3-10,13H,11-12H2,1-2H3,(H,21,23). The summed E-state index contributed by atoms with van der Waals surface area (Å²) in [5.41, 5.74) is 0.467. The fourth-order valence-electron chi connectivity index (χ4n) is 2.17. The van der Waals surface area contributed by atoms with Gasteiger partial charge in [-0.1, -0.05) is 19.9 Å². The summed E-state index contributed by atoms with van der Waals surface area (Å²) < 4.78 is 9.98. The number of nitrogens with zero attached hydrogens (tertiary/aromatic N) is 1. The zero-order chi connectivity index (χ0) is 21.4. The minimum Gasteiger partial charge on any atom is -0.462 e. The van der Waals surface area contributed by atoms with Crippen LogP contribution in [0.1, 0.15) is 34.6 Å². The highest BCUT2D eigenvalue weighted by Gasteiger charge is 2.14. The second-order valence-corrected chi connectivity index (χ2v) is 6.50. The van der Waals surface area contributed by atoms with E-state index >= 15 is 0 Å². The Hall–Kier alpha value is -3.75. The molecule has 0 saturated heterocycles. The molecule has 0 aromatic heterocycles. The summed E-state index contributed by atoms with van der Waals surface area (Å²) in [6.07, 6.45) is 0. The number of nitrogens with one attached hydrogen (secondary N) is 1. The number of nitro groups is 1. The number of amides is 1. The van der Waals surface area contributed by atoms with Crippen molar-refractivity contribution < 1.29 is 28.8 Å². The van der Waals surface area contributed by atoms with Crippen LogP contribution in [0.15, 0.2) is 48.5 Å². The van der Waals surface area contributed by atoms with E-state index in [2.05, 4.69) is 5.32 Å². The summed E-state index contributed by atoms with van der Waals surface area (Å²) >= 11 is 0. The van der Waals surface area contributed by atoms with E-state index in [1.54, 1.807) is 0 Å². The Morgan fingerprint density at radius 3 is 2.28 bits per heavy atom. The van der Waals surface area contributed by atoms with Gasteiger partial charge < -0.3 is 14.8 Å². The second-order valence-electron chi connectivity index (χ2n) is 6.50. The molecule has 2 aromatic carbocycles. The summed E-state index contributed by atoms with van der Waals surface area (Å²) in [6, 6.07) is 11.1. The molecule has 0 aliphatic rings. The predicted molar refractivity (Wildman–Crippen MR) is 104 cm³/mol. The SMILES string of the molecule is CC(C)COC(=O)c1ccc(NC(=O)COC(=O)c2cccc([N+](=O)[O-])c2)cc1. The first-order chi connectivity index (χ1) is 13.8. The van der Waals surface area contributed by atoms with Crippen molar-refractivity contribution in [2.75, 3.05) is 18.5 Å². The summed E-state index contributed by atoms with van der Waals surface area (Å²) in [5.74, 6) is -1.68. The van der Waals surface area contributed by atoms with Crippen LogP contribution in [0.25, 0.3) is 0 Å². The van der Waals surface area contributed by atoms with Crippen LogP contribution in [-0.2, 0) is 14.3 Å². The van der Waals surface area contributed by atoms with Crippen LogP contribution in [0.4, 0.5) is 11.4 Å². The van der Waals surface area contributed by atoms with Crippen molar-refractivity contribution in [2.45, 2.75) is 13.8 Å². The average Bonchev–Trinajstić information content (AvgIpc) is 2.70. The van der Waals surface area contributed by atoms with Gasteiger partial charge in [0, 0.05) is 17.8 Å². The van der Waals surface area contributed by atoms with E-state index in [4.69, 9.17) is 9.47 Å². The van der Waals surface area contributed by atoms with E-state index < -0.39 is 29.4 Å². The number of benzene rings is 2. The van der Waals surface area contributed by atoms with Crippen molar-refractivity contribution in [2.24, 2.45) is 5.92 Å². The lowest BCUT2D eigenvalue weighted by molar-refractivity contribution is -0.384. The fourth-order valence-corrected chi connectivity index (χ4v) is 2.17. The first-order valence-electron chi connectivity index (χ1n) is 8.75. The molecule has 0 aliphatic heterocycles. The van der Waals surface area contributed by atoms with Crippen LogP contribution < -0.4 is 5.32 Å². The largest absolute Gasteiger partial charge is 0.462 e. The number of anilines is 1. The molecule has 0 unspecified atom stereocenters. The molecule has 9 nitrogen and oxygen atoms in total. The number of esters is 2. The summed E-state index contributed by atoms with van der Waals surface area (Å²) in [5, 5.41) is 13.3. The van der Waals surface area contributed by atoms with Crippen LogP contribution in [0.2, 0.25) is 0 Å². The number of rotatable bonds is 8. The Kier molecular flexibility index (Phi) is 7.41. The number of hydrogen-bond donors (Lipinski definition) is 1. The molecule has 29 heavy (non-hydrogen) atoms. The maximum absolute atomic E-state index is 11.9. The minimum absolute atomic E-state index is 0.0312. The Morgan fingerprint density at radius 2 is 1.66 bits per heavy atom. The third kappa shape index (κ3) is 6.73. The highest BCUT2D eigenvalue weighted by atomic mass is 16.6. The van der Waals surface area contributed by atoms with Gasteiger partial charge in [-0.25, -0.2) is 9.59 Å². The molecule has 9 heteroatoms. The Balaban J connectivity index is 1.86. The zero-order valence-corrected chi connectivity index (χ0v) is 15.9. The quantitative estimate of drug-likeness (QED) is 0.410. The normalized spacial score (nSPS) is 10.3. The molecular weight excluding hydrogens is 380 g/mol. The first kappa shape index (κ1) is 21.5. The van der Waals surface area contributed by atoms with Gasteiger partial charge in [0.2, 0.25) is 0 Å². The van der Waals surface area contributed by atoms with Crippen molar-refractivity contribution in [1.29, 1.82) is 0 Å². The monoisotopic (exact) mass is 400 g/mol. The molecule has 0 spiro atoms. The summed E-state index contributed by atoms with van der Waals surface area (Å²) in [4.78, 5) is 45.8. The van der Waals surface area contributed by atoms with Gasteiger partial charge in [0.1, 0.15) is 0 Å². The highest BCUT2D eigenvalue weighted by molar-refractivity contribution is 5.96. The van der Waals surface area contributed by atoms with Gasteiger partial charge in [0.05, 0.1) is 22.7 Å². The maximum Gasteiger partial charge on any atom is 0.338 e. The van der Waals surface area contributed by atoms with Crippen molar-refractivity contribution in [3.63, 3.8) is 0 Å². The lowest BCUT2D eigenvalue weighted by Crippen LogP contribution is -2.21. The van der Waals surface area contributed by atoms with E-state index in [1.165, 1.54) is 42.5 Å². The van der Waals surface area contributed by atoms with Crippen LogP contribution in [-0.4, -0.2) is 36.0 Å². The molecule has 0 heterocycles. The first-order valence-corrected chi connectivity index (χ1v) is 8.75. The van der Waals surface area contributed by atoms with Gasteiger partial charge in [-0.05, 0) is 36.2 Å². The van der Waals surface area contributed by atoms with Gasteiger partial charge in [-0.15, -0.1) is 0 Å². The van der Waals surface area contributed by atoms with E-state index in [9.17, 15) is 24.5 Å². The number of carbonyl (C=O) groups excluding carboxylic acids is 3. The van der Waals surface area contributed by atoms with Crippen molar-refractivity contribution in [3.05, 3.63) is 69.8 Å². The predicted octanol–water partition coefficient (Wildman–Crippen LogP) is 3.20. The van der Waals surface area contributed by atoms with Crippen LogP contribution >= 0.6 is 0 Å². The molecule has 2 aromatic rings. The van der Waals surface area contributed by atoms with Gasteiger partial charge in [-0.3, -0.25) is 14.9 Å². The van der Waals surface area contributed by atoms with Gasteiger partial charge >= 0.3 is 11.9 Å². The molecule has 0 radical (unpaired) electrons. The zero-order valence-electron chi connectivity index (χ0n) is 15.9. The molecular formula is C20H20N2O7. The van der Waals surface area contributed by atoms with Gasteiger partial charge in [0.15, 0.2) is 6.61 Å². The third-order valence-electron chi connectivity index (χ3n) is 3.58. The topological polar surface area (TPSA) is 125 Å². The van der Waals surface area contributed by atoms with Crippen LogP contribution in [0.5, 0.6) is 0 Å². The van der Waals surface area contributed by atoms with Crippen molar-refractivity contribution in [3.8, 4) is 0 Å². The fraction of sp³-hybridized carbons (Fsp3) is 0.250. The van der Waals surface area contributed by atoms with E-state index in [0.717, 1.165) is 6.07 Å². The molecule has 0 bridgehead atoms. The molecule has 0 aliphatic carbocycles.